The quantitative estimate of drug-likeness (QED) is 0.228. The third-order valence-corrected chi connectivity index (χ3v) is 6.64. The Morgan fingerprint density at radius 1 is 0.794 bits per heavy atom. The van der Waals surface area contributed by atoms with Crippen molar-refractivity contribution in [1.82, 2.24) is 0 Å². The van der Waals surface area contributed by atoms with E-state index in [-0.39, 0.29) is 17.1 Å². The fourth-order valence-corrected chi connectivity index (χ4v) is 4.93. The van der Waals surface area contributed by atoms with Gasteiger partial charge in [-0.25, -0.2) is 4.57 Å². The molecule has 34 heavy (non-hydrogen) atoms. The van der Waals surface area contributed by atoms with Crippen LogP contribution >= 0.6 is 7.82 Å². The molecule has 1 unspecified atom stereocenters. The number of benzene rings is 3. The van der Waals surface area contributed by atoms with Crippen molar-refractivity contribution in [3.8, 4) is 17.2 Å². The highest BCUT2D eigenvalue weighted by Crippen LogP contribution is 2.47. The first-order valence-corrected chi connectivity index (χ1v) is 12.5. The molecule has 0 saturated carbocycles. The summed E-state index contributed by atoms with van der Waals surface area (Å²) in [4.78, 5) is 21.8. The van der Waals surface area contributed by atoms with Gasteiger partial charge in [-0.1, -0.05) is 56.3 Å². The molecule has 0 aliphatic rings. The van der Waals surface area contributed by atoms with Crippen LogP contribution in [-0.2, 0) is 14.8 Å². The monoisotopic (exact) mass is 482 g/mol. The number of carbonyl (C=O) groups excluding carboxylic acids is 1. The summed E-state index contributed by atoms with van der Waals surface area (Å²) in [7, 11) is -4.38. The van der Waals surface area contributed by atoms with Gasteiger partial charge in [-0.3, -0.25) is 9.69 Å². The molecular formula is C27H31O6P. The molecule has 3 rings (SSSR count). The van der Waals surface area contributed by atoms with Crippen LogP contribution in [0.4, 0.5) is 0 Å². The third kappa shape index (κ3) is 5.69. The molecule has 3 aromatic carbocycles. The van der Waals surface area contributed by atoms with Crippen molar-refractivity contribution >= 4 is 13.8 Å². The number of esters is 1. The van der Waals surface area contributed by atoms with Crippen LogP contribution in [0.25, 0.3) is 0 Å². The summed E-state index contributed by atoms with van der Waals surface area (Å²) >= 11 is 0. The van der Waals surface area contributed by atoms with E-state index in [4.69, 9.17) is 13.8 Å². The highest BCUT2D eigenvalue weighted by Gasteiger charge is 2.30. The van der Waals surface area contributed by atoms with E-state index in [2.05, 4.69) is 13.8 Å². The molecule has 0 aromatic heterocycles. The van der Waals surface area contributed by atoms with E-state index in [1.807, 2.05) is 52.0 Å². The predicted octanol–water partition coefficient (Wildman–Crippen LogP) is 6.73. The Labute approximate surface area is 201 Å². The first-order valence-electron chi connectivity index (χ1n) is 11.0. The zero-order valence-electron chi connectivity index (χ0n) is 20.6. The van der Waals surface area contributed by atoms with E-state index in [9.17, 15) is 14.3 Å². The molecule has 1 atom stereocenters. The minimum absolute atomic E-state index is 0.254. The summed E-state index contributed by atoms with van der Waals surface area (Å²) in [6.45, 7) is 13.1. The molecule has 0 radical (unpaired) electrons. The lowest BCUT2D eigenvalue weighted by molar-refractivity contribution is -0.131. The molecule has 0 saturated heterocycles. The summed E-state index contributed by atoms with van der Waals surface area (Å²) in [5, 5.41) is 0. The standard InChI is InChI=1S/C27H31O6P/c1-17-13-22(14-18(2)25(17)31-21(5)28)27(6,7)23-15-19(3)26(20(4)16-23)33-34(29,30)32-24-11-9-8-10-12-24/h8-16H,1-7H3,(H,29,30). The Balaban J connectivity index is 1.93. The molecule has 3 aromatic rings. The summed E-state index contributed by atoms with van der Waals surface area (Å²) < 4.78 is 28.7. The highest BCUT2D eigenvalue weighted by molar-refractivity contribution is 7.48. The average Bonchev–Trinajstić information content (AvgIpc) is 2.73. The van der Waals surface area contributed by atoms with Gasteiger partial charge in [0.1, 0.15) is 17.2 Å². The summed E-state index contributed by atoms with van der Waals surface area (Å²) in [6, 6.07) is 16.4. The zero-order valence-corrected chi connectivity index (χ0v) is 21.5. The van der Waals surface area contributed by atoms with E-state index < -0.39 is 7.82 Å². The number of hydrogen-bond acceptors (Lipinski definition) is 5. The van der Waals surface area contributed by atoms with Crippen molar-refractivity contribution in [2.75, 3.05) is 0 Å². The van der Waals surface area contributed by atoms with Crippen LogP contribution in [0, 0.1) is 27.7 Å². The molecule has 1 N–H and O–H groups in total. The maximum atomic E-state index is 12.6. The van der Waals surface area contributed by atoms with Crippen LogP contribution in [0.1, 0.15) is 54.2 Å². The van der Waals surface area contributed by atoms with Crippen molar-refractivity contribution in [3.63, 3.8) is 0 Å². The molecule has 0 aliphatic heterocycles. The van der Waals surface area contributed by atoms with Crippen molar-refractivity contribution in [2.45, 2.75) is 53.9 Å². The minimum atomic E-state index is -4.38. The van der Waals surface area contributed by atoms with Crippen molar-refractivity contribution in [3.05, 3.63) is 88.0 Å². The average molecular weight is 483 g/mol. The summed E-state index contributed by atoms with van der Waals surface area (Å²) in [6.07, 6.45) is 0. The summed E-state index contributed by atoms with van der Waals surface area (Å²) in [5.41, 5.74) is 4.90. The highest BCUT2D eigenvalue weighted by atomic mass is 31.2. The molecule has 0 aliphatic carbocycles. The van der Waals surface area contributed by atoms with Crippen LogP contribution in [0.5, 0.6) is 17.2 Å². The lowest BCUT2D eigenvalue weighted by Crippen LogP contribution is -2.20. The first kappa shape index (κ1) is 25.5. The number of para-hydroxylation sites is 1. The Kier molecular flexibility index (Phi) is 7.25. The van der Waals surface area contributed by atoms with Gasteiger partial charge < -0.3 is 13.8 Å². The van der Waals surface area contributed by atoms with Gasteiger partial charge in [0.15, 0.2) is 0 Å². The Bertz CT molecular complexity index is 1220. The van der Waals surface area contributed by atoms with Crippen molar-refractivity contribution in [1.29, 1.82) is 0 Å². The van der Waals surface area contributed by atoms with E-state index in [1.54, 1.807) is 30.3 Å². The van der Waals surface area contributed by atoms with Crippen LogP contribution in [-0.4, -0.2) is 10.9 Å². The largest absolute Gasteiger partial charge is 0.584 e. The third-order valence-electron chi connectivity index (χ3n) is 5.78. The molecule has 6 nitrogen and oxygen atoms in total. The second-order valence-electron chi connectivity index (χ2n) is 9.06. The lowest BCUT2D eigenvalue weighted by Gasteiger charge is -2.29. The SMILES string of the molecule is CC(=O)Oc1c(C)cc(C(C)(C)c2cc(C)c(OP(=O)(O)Oc3ccccc3)c(C)c2)cc1C. The molecule has 7 heteroatoms. The fraction of sp³-hybridized carbons (Fsp3) is 0.296. The van der Waals surface area contributed by atoms with Gasteiger partial charge in [0, 0.05) is 12.3 Å². The number of phosphoric acid groups is 1. The van der Waals surface area contributed by atoms with Crippen LogP contribution in [0.3, 0.4) is 0 Å². The second-order valence-corrected chi connectivity index (χ2v) is 10.4. The van der Waals surface area contributed by atoms with Crippen LogP contribution in [0.2, 0.25) is 0 Å². The molecule has 180 valence electrons. The van der Waals surface area contributed by atoms with Gasteiger partial charge in [-0.15, -0.1) is 0 Å². The molecular weight excluding hydrogens is 451 g/mol. The maximum Gasteiger partial charge on any atom is 0.584 e. The molecule has 0 heterocycles. The van der Waals surface area contributed by atoms with Crippen molar-refractivity contribution in [2.24, 2.45) is 0 Å². The number of rotatable bonds is 7. The summed E-state index contributed by atoms with van der Waals surface area (Å²) in [5.74, 6) is 0.806. The van der Waals surface area contributed by atoms with E-state index in [1.165, 1.54) is 6.92 Å². The lowest BCUT2D eigenvalue weighted by atomic mass is 9.76. The number of ether oxygens (including phenoxy) is 1. The number of phosphoric ester groups is 1. The van der Waals surface area contributed by atoms with Crippen LogP contribution in [0.15, 0.2) is 54.6 Å². The Morgan fingerprint density at radius 3 is 1.68 bits per heavy atom. The number of hydrogen-bond donors (Lipinski definition) is 1. The normalized spacial score (nSPS) is 13.2. The van der Waals surface area contributed by atoms with Gasteiger partial charge in [0.2, 0.25) is 0 Å². The van der Waals surface area contributed by atoms with E-state index in [0.717, 1.165) is 33.4 Å². The van der Waals surface area contributed by atoms with Gasteiger partial charge >= 0.3 is 13.8 Å². The smallest absolute Gasteiger partial charge is 0.426 e. The van der Waals surface area contributed by atoms with E-state index >= 15 is 0 Å². The minimum Gasteiger partial charge on any atom is -0.426 e. The molecule has 0 spiro atoms. The van der Waals surface area contributed by atoms with Crippen molar-refractivity contribution < 1.29 is 28.0 Å². The van der Waals surface area contributed by atoms with E-state index in [0.29, 0.717) is 11.5 Å². The Hall–Kier alpha value is -3.08. The maximum absolute atomic E-state index is 12.6. The topological polar surface area (TPSA) is 82.1 Å². The van der Waals surface area contributed by atoms with Crippen LogP contribution < -0.4 is 13.8 Å². The Morgan fingerprint density at radius 2 is 1.24 bits per heavy atom. The van der Waals surface area contributed by atoms with Gasteiger partial charge in [-0.2, -0.15) is 0 Å². The second kappa shape index (κ2) is 9.65. The van der Waals surface area contributed by atoms with Gasteiger partial charge in [0.25, 0.3) is 0 Å². The zero-order chi connectivity index (χ0) is 25.3. The number of aryl methyl sites for hydroxylation is 4. The number of carbonyl (C=O) groups is 1. The van der Waals surface area contributed by atoms with Gasteiger partial charge in [-0.05, 0) is 73.2 Å². The fourth-order valence-electron chi connectivity index (χ4n) is 3.99. The molecule has 0 bridgehead atoms. The van der Waals surface area contributed by atoms with Gasteiger partial charge in [0.05, 0.1) is 0 Å². The first-order chi connectivity index (χ1) is 15.8. The predicted molar refractivity (Wildman–Crippen MR) is 133 cm³/mol. The molecule has 0 fully saturated rings. The molecule has 0 amide bonds.